The van der Waals surface area contributed by atoms with Gasteiger partial charge in [0.05, 0.1) is 52.2 Å². The lowest BCUT2D eigenvalue weighted by Crippen LogP contribution is -2.04. The Bertz CT molecular complexity index is 867. The lowest BCUT2D eigenvalue weighted by atomic mass is 10.1. The van der Waals surface area contributed by atoms with E-state index in [1.54, 1.807) is 0 Å². The standard InChI is InChI=1S/C14H8Cl3N5O2/c1-23-8-3-9(24-2)21-14(20-8)22-13-7(5-19)10(15)6(4-18)11(16)12(13)17/h3H,1-2H3,(H,20,21,22). The number of aromatic nitrogens is 2. The van der Waals surface area contributed by atoms with Crippen molar-refractivity contribution in [2.45, 2.75) is 0 Å². The first kappa shape index (κ1) is 17.9. The van der Waals surface area contributed by atoms with Gasteiger partial charge in [-0.2, -0.15) is 20.5 Å². The van der Waals surface area contributed by atoms with Crippen molar-refractivity contribution in [3.63, 3.8) is 0 Å². The molecule has 1 N–H and O–H groups in total. The Labute approximate surface area is 152 Å². The molecule has 0 saturated carbocycles. The monoisotopic (exact) mass is 383 g/mol. The Morgan fingerprint density at radius 3 is 1.92 bits per heavy atom. The topological polar surface area (TPSA) is 104 Å². The van der Waals surface area contributed by atoms with Crippen LogP contribution in [0.5, 0.6) is 11.8 Å². The number of hydrogen-bond donors (Lipinski definition) is 1. The molecule has 1 aromatic carbocycles. The second-order valence-corrected chi connectivity index (χ2v) is 5.33. The molecule has 0 aliphatic rings. The third-order valence-electron chi connectivity index (χ3n) is 2.88. The number of ether oxygens (including phenoxy) is 2. The number of halogens is 3. The molecule has 10 heteroatoms. The minimum absolute atomic E-state index is 0.0430. The molecule has 0 bridgehead atoms. The third kappa shape index (κ3) is 3.24. The van der Waals surface area contributed by atoms with Gasteiger partial charge in [0.25, 0.3) is 0 Å². The molecular weight excluding hydrogens is 377 g/mol. The molecule has 2 rings (SSSR count). The van der Waals surface area contributed by atoms with Crippen molar-refractivity contribution in [1.29, 1.82) is 10.5 Å². The van der Waals surface area contributed by atoms with E-state index in [-0.39, 0.29) is 49.6 Å². The quantitative estimate of drug-likeness (QED) is 0.796. The van der Waals surface area contributed by atoms with Gasteiger partial charge in [0.1, 0.15) is 12.1 Å². The van der Waals surface area contributed by atoms with E-state index < -0.39 is 0 Å². The van der Waals surface area contributed by atoms with Crippen molar-refractivity contribution in [1.82, 2.24) is 9.97 Å². The molecular formula is C14H8Cl3N5O2. The number of nitrogens with one attached hydrogen (secondary N) is 1. The van der Waals surface area contributed by atoms with Gasteiger partial charge >= 0.3 is 0 Å². The molecule has 1 aromatic heterocycles. The first-order chi connectivity index (χ1) is 11.5. The molecule has 0 atom stereocenters. The largest absolute Gasteiger partial charge is 0.481 e. The van der Waals surface area contributed by atoms with Crippen LogP contribution in [0, 0.1) is 22.7 Å². The molecule has 1 heterocycles. The van der Waals surface area contributed by atoms with Crippen LogP contribution < -0.4 is 14.8 Å². The molecule has 0 unspecified atom stereocenters. The summed E-state index contributed by atoms with van der Waals surface area (Å²) in [5, 5.41) is 20.9. The van der Waals surface area contributed by atoms with Crippen molar-refractivity contribution in [3.05, 3.63) is 32.3 Å². The SMILES string of the molecule is COc1cc(OC)nc(Nc2c(Cl)c(Cl)c(C#N)c(Cl)c2C#N)n1. The highest BCUT2D eigenvalue weighted by Gasteiger charge is 2.22. The highest BCUT2D eigenvalue weighted by Crippen LogP contribution is 2.42. The van der Waals surface area contributed by atoms with E-state index in [1.807, 2.05) is 12.1 Å². The van der Waals surface area contributed by atoms with Crippen LogP contribution in [0.15, 0.2) is 6.07 Å². The van der Waals surface area contributed by atoms with Crippen molar-refractivity contribution >= 4 is 46.4 Å². The summed E-state index contributed by atoms with van der Waals surface area (Å²) in [5.41, 5.74) is -0.0777. The first-order valence-electron chi connectivity index (χ1n) is 6.21. The smallest absolute Gasteiger partial charge is 0.233 e. The molecule has 0 aliphatic heterocycles. The van der Waals surface area contributed by atoms with Crippen LogP contribution in [0.3, 0.4) is 0 Å². The molecule has 122 valence electrons. The van der Waals surface area contributed by atoms with Gasteiger partial charge in [-0.3, -0.25) is 0 Å². The van der Waals surface area contributed by atoms with Crippen LogP contribution in [-0.2, 0) is 0 Å². The van der Waals surface area contributed by atoms with Crippen molar-refractivity contribution in [2.75, 3.05) is 19.5 Å². The zero-order chi connectivity index (χ0) is 17.9. The number of rotatable bonds is 4. The summed E-state index contributed by atoms with van der Waals surface area (Å²) in [5.74, 6) is 0.496. The molecule has 0 amide bonds. The second-order valence-electron chi connectivity index (χ2n) is 4.19. The van der Waals surface area contributed by atoms with Crippen LogP contribution in [0.25, 0.3) is 0 Å². The molecule has 0 spiro atoms. The predicted octanol–water partition coefficient (Wildman–Crippen LogP) is 3.94. The van der Waals surface area contributed by atoms with Gasteiger partial charge in [0, 0.05) is 0 Å². The van der Waals surface area contributed by atoms with Crippen LogP contribution in [0.2, 0.25) is 15.1 Å². The second kappa shape index (κ2) is 7.41. The summed E-state index contributed by atoms with van der Waals surface area (Å²) >= 11 is 18.3. The van der Waals surface area contributed by atoms with Gasteiger partial charge in [-0.25, -0.2) is 0 Å². The normalized spacial score (nSPS) is 9.79. The van der Waals surface area contributed by atoms with E-state index in [0.717, 1.165) is 0 Å². The van der Waals surface area contributed by atoms with Gasteiger partial charge in [0.2, 0.25) is 17.7 Å². The van der Waals surface area contributed by atoms with Crippen molar-refractivity contribution in [3.8, 4) is 23.9 Å². The summed E-state index contributed by atoms with van der Waals surface area (Å²) in [6.07, 6.45) is 0. The molecule has 7 nitrogen and oxygen atoms in total. The summed E-state index contributed by atoms with van der Waals surface area (Å²) < 4.78 is 10.1. The molecule has 0 fully saturated rings. The van der Waals surface area contributed by atoms with E-state index in [0.29, 0.717) is 0 Å². The average molecular weight is 385 g/mol. The summed E-state index contributed by atoms with van der Waals surface area (Å²) in [4.78, 5) is 8.14. The van der Waals surface area contributed by atoms with Gasteiger partial charge in [-0.05, 0) is 0 Å². The Kier molecular flexibility index (Phi) is 5.53. The van der Waals surface area contributed by atoms with Crippen molar-refractivity contribution in [2.24, 2.45) is 0 Å². The molecule has 0 saturated heterocycles. The minimum atomic E-state index is -0.119. The highest BCUT2D eigenvalue weighted by atomic mass is 35.5. The number of benzene rings is 1. The number of hydrogen-bond acceptors (Lipinski definition) is 7. The number of nitrogens with zero attached hydrogens (tertiary/aromatic N) is 4. The fourth-order valence-electron chi connectivity index (χ4n) is 1.76. The Morgan fingerprint density at radius 1 is 0.917 bits per heavy atom. The van der Waals surface area contributed by atoms with Gasteiger partial charge in [0.15, 0.2) is 0 Å². The maximum atomic E-state index is 9.34. The van der Waals surface area contributed by atoms with Crippen LogP contribution >= 0.6 is 34.8 Å². The fourth-order valence-corrected chi connectivity index (χ4v) is 2.55. The van der Waals surface area contributed by atoms with E-state index in [1.165, 1.54) is 20.3 Å². The zero-order valence-electron chi connectivity index (χ0n) is 12.3. The van der Waals surface area contributed by atoms with Crippen molar-refractivity contribution < 1.29 is 9.47 Å². The lowest BCUT2D eigenvalue weighted by Gasteiger charge is -2.14. The Morgan fingerprint density at radius 2 is 1.46 bits per heavy atom. The maximum Gasteiger partial charge on any atom is 0.233 e. The predicted molar refractivity (Wildman–Crippen MR) is 89.3 cm³/mol. The number of anilines is 2. The molecule has 2 aromatic rings. The fraction of sp³-hybridized carbons (Fsp3) is 0.143. The number of methoxy groups -OCH3 is 2. The zero-order valence-corrected chi connectivity index (χ0v) is 14.6. The van der Waals surface area contributed by atoms with Crippen LogP contribution in [-0.4, -0.2) is 24.2 Å². The lowest BCUT2D eigenvalue weighted by molar-refractivity contribution is 0.373. The van der Waals surface area contributed by atoms with Gasteiger partial charge in [-0.15, -0.1) is 0 Å². The Hall–Kier alpha value is -2.45. The third-order valence-corrected chi connectivity index (χ3v) is 4.11. The Balaban J connectivity index is 2.63. The van der Waals surface area contributed by atoms with E-state index in [9.17, 15) is 5.26 Å². The maximum absolute atomic E-state index is 9.34. The van der Waals surface area contributed by atoms with Gasteiger partial charge in [-0.1, -0.05) is 34.8 Å². The molecule has 24 heavy (non-hydrogen) atoms. The summed E-state index contributed by atoms with van der Waals surface area (Å²) in [7, 11) is 2.85. The van der Waals surface area contributed by atoms with Crippen LogP contribution in [0.1, 0.15) is 11.1 Å². The molecule has 0 radical (unpaired) electrons. The van der Waals surface area contributed by atoms with E-state index in [4.69, 9.17) is 49.5 Å². The average Bonchev–Trinajstić information content (AvgIpc) is 2.59. The molecule has 0 aliphatic carbocycles. The first-order valence-corrected chi connectivity index (χ1v) is 7.34. The summed E-state index contributed by atoms with van der Waals surface area (Å²) in [6, 6.07) is 5.15. The highest BCUT2D eigenvalue weighted by molar-refractivity contribution is 6.46. The van der Waals surface area contributed by atoms with E-state index in [2.05, 4.69) is 15.3 Å². The summed E-state index contributed by atoms with van der Waals surface area (Å²) in [6.45, 7) is 0. The van der Waals surface area contributed by atoms with Gasteiger partial charge < -0.3 is 14.8 Å². The van der Waals surface area contributed by atoms with Crippen LogP contribution in [0.4, 0.5) is 11.6 Å². The van der Waals surface area contributed by atoms with E-state index >= 15 is 0 Å². The minimum Gasteiger partial charge on any atom is -0.481 e. The number of nitriles is 2.